The summed E-state index contributed by atoms with van der Waals surface area (Å²) in [6.45, 7) is 7.60. The van der Waals surface area contributed by atoms with Crippen LogP contribution in [0.3, 0.4) is 0 Å². The molecular formula is C12H23N5O. The summed E-state index contributed by atoms with van der Waals surface area (Å²) in [6.07, 6.45) is 1.03. The Morgan fingerprint density at radius 2 is 1.89 bits per heavy atom. The number of rotatable bonds is 7. The molecule has 1 aromatic heterocycles. The van der Waals surface area contributed by atoms with Gasteiger partial charge in [0.1, 0.15) is 11.6 Å². The van der Waals surface area contributed by atoms with Crippen LogP contribution in [-0.4, -0.2) is 35.8 Å². The number of aromatic nitrogens is 2. The van der Waals surface area contributed by atoms with Gasteiger partial charge in [-0.2, -0.15) is 9.97 Å². The van der Waals surface area contributed by atoms with Crippen LogP contribution in [0.5, 0.6) is 0 Å². The van der Waals surface area contributed by atoms with Crippen molar-refractivity contribution in [2.75, 3.05) is 36.6 Å². The Hall–Kier alpha value is -1.56. The molecule has 0 amide bonds. The first-order valence-electron chi connectivity index (χ1n) is 6.14. The predicted molar refractivity (Wildman–Crippen MR) is 74.8 cm³/mol. The quantitative estimate of drug-likeness (QED) is 0.686. The zero-order chi connectivity index (χ0) is 13.6. The second kappa shape index (κ2) is 6.39. The van der Waals surface area contributed by atoms with Crippen LogP contribution in [0, 0.1) is 0 Å². The Morgan fingerprint density at radius 3 is 2.44 bits per heavy atom. The van der Waals surface area contributed by atoms with Crippen LogP contribution in [0.25, 0.3) is 0 Å². The second-order valence-corrected chi connectivity index (χ2v) is 4.74. The fraction of sp³-hybridized carbons (Fsp3) is 0.667. The molecule has 1 rings (SSSR count). The molecule has 1 aromatic rings. The molecular weight excluding hydrogens is 230 g/mol. The highest BCUT2D eigenvalue weighted by Crippen LogP contribution is 2.14. The highest BCUT2D eigenvalue weighted by molar-refractivity contribution is 5.51. The fourth-order valence-electron chi connectivity index (χ4n) is 1.28. The number of nitrogen functional groups attached to an aromatic ring is 1. The number of anilines is 3. The van der Waals surface area contributed by atoms with Gasteiger partial charge < -0.3 is 21.1 Å². The Bertz CT molecular complexity index is 381. The van der Waals surface area contributed by atoms with Gasteiger partial charge in [-0.1, -0.05) is 6.92 Å². The maximum absolute atomic E-state index is 5.67. The molecule has 0 fully saturated rings. The summed E-state index contributed by atoms with van der Waals surface area (Å²) in [7, 11) is 1.68. The van der Waals surface area contributed by atoms with E-state index in [4.69, 9.17) is 10.5 Å². The number of hydrogen-bond acceptors (Lipinski definition) is 6. The van der Waals surface area contributed by atoms with Gasteiger partial charge >= 0.3 is 0 Å². The van der Waals surface area contributed by atoms with E-state index in [0.29, 0.717) is 12.4 Å². The van der Waals surface area contributed by atoms with E-state index in [1.54, 1.807) is 7.11 Å². The zero-order valence-corrected chi connectivity index (χ0v) is 11.6. The van der Waals surface area contributed by atoms with Crippen molar-refractivity contribution in [3.05, 3.63) is 6.07 Å². The molecule has 0 aliphatic heterocycles. The van der Waals surface area contributed by atoms with Crippen molar-refractivity contribution in [2.24, 2.45) is 0 Å². The summed E-state index contributed by atoms with van der Waals surface area (Å²) in [5, 5.41) is 6.38. The Labute approximate surface area is 108 Å². The molecule has 0 aliphatic rings. The molecule has 0 bridgehead atoms. The largest absolute Gasteiger partial charge is 0.377 e. The molecule has 0 radical (unpaired) electrons. The summed E-state index contributed by atoms with van der Waals surface area (Å²) in [6, 6.07) is 1.84. The van der Waals surface area contributed by atoms with Gasteiger partial charge in [-0.3, -0.25) is 0 Å². The van der Waals surface area contributed by atoms with Gasteiger partial charge in [0, 0.05) is 26.3 Å². The minimum Gasteiger partial charge on any atom is -0.377 e. The lowest BCUT2D eigenvalue weighted by molar-refractivity contribution is 0.0343. The average Bonchev–Trinajstić information content (AvgIpc) is 2.33. The van der Waals surface area contributed by atoms with Crippen molar-refractivity contribution in [3.63, 3.8) is 0 Å². The van der Waals surface area contributed by atoms with Crippen LogP contribution < -0.4 is 16.4 Å². The van der Waals surface area contributed by atoms with Gasteiger partial charge in [-0.05, 0) is 20.3 Å². The molecule has 0 saturated carbocycles. The molecule has 102 valence electrons. The van der Waals surface area contributed by atoms with Crippen LogP contribution in [0.1, 0.15) is 27.2 Å². The molecule has 0 spiro atoms. The van der Waals surface area contributed by atoms with E-state index in [1.165, 1.54) is 0 Å². The van der Waals surface area contributed by atoms with E-state index >= 15 is 0 Å². The Morgan fingerprint density at radius 1 is 1.28 bits per heavy atom. The predicted octanol–water partition coefficient (Wildman–Crippen LogP) is 1.72. The first-order valence-corrected chi connectivity index (χ1v) is 6.14. The van der Waals surface area contributed by atoms with Crippen LogP contribution in [0.2, 0.25) is 0 Å². The van der Waals surface area contributed by atoms with Crippen molar-refractivity contribution >= 4 is 17.6 Å². The van der Waals surface area contributed by atoms with Crippen molar-refractivity contribution in [1.82, 2.24) is 9.97 Å². The third-order valence-corrected chi connectivity index (χ3v) is 2.55. The molecule has 6 nitrogen and oxygen atoms in total. The number of nitrogens with two attached hydrogens (primary N) is 1. The van der Waals surface area contributed by atoms with Crippen LogP contribution in [0.15, 0.2) is 6.07 Å². The summed E-state index contributed by atoms with van der Waals surface area (Å²) >= 11 is 0. The highest BCUT2D eigenvalue weighted by Gasteiger charge is 2.16. The summed E-state index contributed by atoms with van der Waals surface area (Å²) in [4.78, 5) is 8.26. The first kappa shape index (κ1) is 14.5. The molecule has 0 aliphatic carbocycles. The lowest BCUT2D eigenvalue weighted by Gasteiger charge is -2.23. The van der Waals surface area contributed by atoms with E-state index in [-0.39, 0.29) is 11.5 Å². The SMILES string of the molecule is CCCNc1cc(NCC(C)(C)OC)nc(N)n1. The Balaban J connectivity index is 2.68. The third kappa shape index (κ3) is 4.75. The minimum absolute atomic E-state index is 0.253. The second-order valence-electron chi connectivity index (χ2n) is 4.74. The standard InChI is InChI=1S/C12H23N5O/c1-5-6-14-9-7-10(17-11(13)16-9)15-8-12(2,3)18-4/h7H,5-6,8H2,1-4H3,(H4,13,14,15,16,17). The highest BCUT2D eigenvalue weighted by atomic mass is 16.5. The van der Waals surface area contributed by atoms with Crippen molar-refractivity contribution < 1.29 is 4.74 Å². The van der Waals surface area contributed by atoms with Crippen LogP contribution >= 0.6 is 0 Å². The van der Waals surface area contributed by atoms with E-state index < -0.39 is 0 Å². The van der Waals surface area contributed by atoms with E-state index in [1.807, 2.05) is 19.9 Å². The van der Waals surface area contributed by atoms with Crippen LogP contribution in [-0.2, 0) is 4.74 Å². The fourth-order valence-corrected chi connectivity index (χ4v) is 1.28. The molecule has 4 N–H and O–H groups in total. The molecule has 1 heterocycles. The van der Waals surface area contributed by atoms with E-state index in [2.05, 4.69) is 27.5 Å². The number of methoxy groups -OCH3 is 1. The van der Waals surface area contributed by atoms with Crippen molar-refractivity contribution in [3.8, 4) is 0 Å². The van der Waals surface area contributed by atoms with E-state index in [0.717, 1.165) is 18.8 Å². The average molecular weight is 253 g/mol. The number of hydrogen-bond donors (Lipinski definition) is 3. The number of nitrogens with zero attached hydrogens (tertiary/aromatic N) is 2. The third-order valence-electron chi connectivity index (χ3n) is 2.55. The summed E-state index contributed by atoms with van der Waals surface area (Å²) in [5.41, 5.74) is 5.42. The lowest BCUT2D eigenvalue weighted by Crippen LogP contribution is -2.32. The molecule has 0 aromatic carbocycles. The first-order chi connectivity index (χ1) is 8.46. The summed E-state index contributed by atoms with van der Waals surface area (Å²) < 4.78 is 5.33. The Kier molecular flexibility index (Phi) is 5.15. The molecule has 6 heteroatoms. The van der Waals surface area contributed by atoms with Gasteiger partial charge in [0.2, 0.25) is 5.95 Å². The monoisotopic (exact) mass is 253 g/mol. The maximum atomic E-state index is 5.67. The van der Waals surface area contributed by atoms with Gasteiger partial charge in [0.25, 0.3) is 0 Å². The molecule has 18 heavy (non-hydrogen) atoms. The van der Waals surface area contributed by atoms with E-state index in [9.17, 15) is 0 Å². The minimum atomic E-state index is -0.253. The lowest BCUT2D eigenvalue weighted by atomic mass is 10.1. The van der Waals surface area contributed by atoms with Gasteiger partial charge in [-0.25, -0.2) is 0 Å². The zero-order valence-electron chi connectivity index (χ0n) is 11.6. The van der Waals surface area contributed by atoms with Gasteiger partial charge in [0.05, 0.1) is 5.60 Å². The topological polar surface area (TPSA) is 85.1 Å². The van der Waals surface area contributed by atoms with Crippen LogP contribution in [0.4, 0.5) is 17.6 Å². The smallest absolute Gasteiger partial charge is 0.223 e. The molecule has 0 atom stereocenters. The normalized spacial score (nSPS) is 11.3. The molecule has 0 saturated heterocycles. The van der Waals surface area contributed by atoms with Crippen molar-refractivity contribution in [1.29, 1.82) is 0 Å². The number of ether oxygens (including phenoxy) is 1. The van der Waals surface area contributed by atoms with Gasteiger partial charge in [0.15, 0.2) is 0 Å². The summed E-state index contributed by atoms with van der Waals surface area (Å²) in [5.74, 6) is 1.70. The molecule has 0 unspecified atom stereocenters. The number of nitrogens with one attached hydrogen (secondary N) is 2. The van der Waals surface area contributed by atoms with Crippen molar-refractivity contribution in [2.45, 2.75) is 32.8 Å². The van der Waals surface area contributed by atoms with Gasteiger partial charge in [-0.15, -0.1) is 0 Å². The maximum Gasteiger partial charge on any atom is 0.223 e.